The van der Waals surface area contributed by atoms with Gasteiger partial charge < -0.3 is 9.67 Å². The van der Waals surface area contributed by atoms with Crippen molar-refractivity contribution in [2.45, 2.75) is 40.7 Å². The van der Waals surface area contributed by atoms with Crippen molar-refractivity contribution in [2.75, 3.05) is 0 Å². The molecular weight excluding hydrogens is 262 g/mol. The molecule has 21 heavy (non-hydrogen) atoms. The summed E-state index contributed by atoms with van der Waals surface area (Å²) in [6, 6.07) is 8.49. The Hall–Kier alpha value is -2.03. The van der Waals surface area contributed by atoms with Gasteiger partial charge in [0.1, 0.15) is 0 Å². The number of carboxylic acid groups (broad SMARTS) is 1. The maximum Gasteiger partial charge on any atom is 0.328 e. The molecule has 2 rings (SSSR count). The van der Waals surface area contributed by atoms with Crippen molar-refractivity contribution in [3.05, 3.63) is 47.7 Å². The van der Waals surface area contributed by atoms with Gasteiger partial charge in [-0.25, -0.2) is 4.79 Å². The van der Waals surface area contributed by atoms with Crippen LogP contribution in [0.4, 0.5) is 0 Å². The van der Waals surface area contributed by atoms with Gasteiger partial charge in [-0.3, -0.25) is 0 Å². The van der Waals surface area contributed by atoms with E-state index in [1.165, 1.54) is 17.0 Å². The summed E-state index contributed by atoms with van der Waals surface area (Å²) in [7, 11) is 0. The Labute approximate surface area is 125 Å². The van der Waals surface area contributed by atoms with Crippen LogP contribution in [0.25, 0.3) is 10.9 Å². The van der Waals surface area contributed by atoms with E-state index < -0.39 is 5.97 Å². The van der Waals surface area contributed by atoms with Crippen LogP contribution in [0.15, 0.2) is 42.1 Å². The van der Waals surface area contributed by atoms with Crippen molar-refractivity contribution >= 4 is 16.9 Å². The molecular formula is C18H23NO2. The number of aliphatic carboxylic acids is 1. The predicted molar refractivity (Wildman–Crippen MR) is 86.5 cm³/mol. The van der Waals surface area contributed by atoms with E-state index in [2.05, 4.69) is 55.8 Å². The van der Waals surface area contributed by atoms with Gasteiger partial charge in [0.15, 0.2) is 0 Å². The third-order valence-electron chi connectivity index (χ3n) is 3.33. The van der Waals surface area contributed by atoms with Gasteiger partial charge in [-0.15, -0.1) is 0 Å². The summed E-state index contributed by atoms with van der Waals surface area (Å²) in [5.41, 5.74) is 3.47. The van der Waals surface area contributed by atoms with Crippen LogP contribution >= 0.6 is 0 Å². The third-order valence-corrected chi connectivity index (χ3v) is 3.33. The molecule has 0 radical (unpaired) electrons. The van der Waals surface area contributed by atoms with Gasteiger partial charge in [0.25, 0.3) is 0 Å². The van der Waals surface area contributed by atoms with E-state index in [4.69, 9.17) is 5.11 Å². The van der Waals surface area contributed by atoms with Crippen LogP contribution in [0.2, 0.25) is 0 Å². The molecule has 0 aliphatic heterocycles. The molecule has 0 amide bonds. The summed E-state index contributed by atoms with van der Waals surface area (Å²) in [6.07, 6.45) is 4.07. The second kappa shape index (κ2) is 5.76. The predicted octanol–water partition coefficient (Wildman–Crippen LogP) is 4.26. The summed E-state index contributed by atoms with van der Waals surface area (Å²) < 4.78 is 2.28. The van der Waals surface area contributed by atoms with E-state index in [0.29, 0.717) is 6.42 Å². The molecule has 1 N–H and O–H groups in total. The average Bonchev–Trinajstić information content (AvgIpc) is 2.68. The first-order chi connectivity index (χ1) is 9.74. The van der Waals surface area contributed by atoms with E-state index in [1.807, 2.05) is 6.92 Å². The van der Waals surface area contributed by atoms with E-state index in [9.17, 15) is 4.79 Å². The molecule has 3 nitrogen and oxygen atoms in total. The molecule has 0 saturated carbocycles. The van der Waals surface area contributed by atoms with Crippen molar-refractivity contribution < 1.29 is 9.90 Å². The molecule has 1 heterocycles. The quantitative estimate of drug-likeness (QED) is 0.853. The van der Waals surface area contributed by atoms with Crippen LogP contribution in [-0.2, 0) is 17.8 Å². The highest BCUT2D eigenvalue weighted by molar-refractivity contribution is 5.82. The molecule has 0 fully saturated rings. The molecule has 0 aliphatic carbocycles. The minimum Gasteiger partial charge on any atom is -0.478 e. The second-order valence-electron chi connectivity index (χ2n) is 6.90. The first-order valence-corrected chi connectivity index (χ1v) is 7.22. The number of benzene rings is 1. The zero-order valence-corrected chi connectivity index (χ0v) is 13.2. The number of aromatic nitrogens is 1. The zero-order valence-electron chi connectivity index (χ0n) is 13.2. The molecule has 1 aromatic heterocycles. The largest absolute Gasteiger partial charge is 0.478 e. The molecule has 1 aromatic carbocycles. The van der Waals surface area contributed by atoms with E-state index in [0.717, 1.165) is 17.7 Å². The van der Waals surface area contributed by atoms with E-state index in [1.54, 1.807) is 0 Å². The Kier molecular flexibility index (Phi) is 4.21. The van der Waals surface area contributed by atoms with Crippen molar-refractivity contribution in [3.63, 3.8) is 0 Å². The van der Waals surface area contributed by atoms with Crippen molar-refractivity contribution in [2.24, 2.45) is 5.41 Å². The number of carbonyl (C=O) groups is 1. The number of hydrogen-bond acceptors (Lipinski definition) is 1. The van der Waals surface area contributed by atoms with Crippen LogP contribution in [-0.4, -0.2) is 15.6 Å². The van der Waals surface area contributed by atoms with E-state index in [-0.39, 0.29) is 5.41 Å². The Morgan fingerprint density at radius 2 is 2.00 bits per heavy atom. The Balaban J connectivity index is 2.26. The van der Waals surface area contributed by atoms with Crippen molar-refractivity contribution in [3.8, 4) is 0 Å². The van der Waals surface area contributed by atoms with Gasteiger partial charge in [-0.05, 0) is 47.9 Å². The summed E-state index contributed by atoms with van der Waals surface area (Å²) in [4.78, 5) is 10.7. The fourth-order valence-electron chi connectivity index (χ4n) is 2.59. The standard InChI is InChI=1S/C18H23NO2/c1-13(10-17(20)21)9-14-5-6-16-15(11-14)7-8-19(16)12-18(2,3)4/h5-8,10-11H,9,12H2,1-4H3,(H,20,21). The number of allylic oxidation sites excluding steroid dienone is 1. The molecule has 0 atom stereocenters. The molecule has 0 bridgehead atoms. The average molecular weight is 285 g/mol. The Morgan fingerprint density at radius 1 is 1.29 bits per heavy atom. The number of fused-ring (bicyclic) bond motifs is 1. The van der Waals surface area contributed by atoms with Gasteiger partial charge in [0.05, 0.1) is 0 Å². The first kappa shape index (κ1) is 15.4. The highest BCUT2D eigenvalue weighted by atomic mass is 16.4. The fraction of sp³-hybridized carbons (Fsp3) is 0.389. The minimum atomic E-state index is -0.884. The first-order valence-electron chi connectivity index (χ1n) is 7.22. The molecule has 0 unspecified atom stereocenters. The van der Waals surface area contributed by atoms with Crippen molar-refractivity contribution in [1.82, 2.24) is 4.57 Å². The summed E-state index contributed by atoms with van der Waals surface area (Å²) in [5, 5.41) is 9.97. The topological polar surface area (TPSA) is 42.2 Å². The van der Waals surface area contributed by atoms with Gasteiger partial charge in [-0.2, -0.15) is 0 Å². The Morgan fingerprint density at radius 3 is 2.62 bits per heavy atom. The minimum absolute atomic E-state index is 0.242. The molecule has 0 spiro atoms. The van der Waals surface area contributed by atoms with Crippen LogP contribution < -0.4 is 0 Å². The van der Waals surface area contributed by atoms with Crippen LogP contribution in [0, 0.1) is 5.41 Å². The van der Waals surface area contributed by atoms with Gasteiger partial charge in [0, 0.05) is 24.3 Å². The van der Waals surface area contributed by atoms with Crippen LogP contribution in [0.3, 0.4) is 0 Å². The van der Waals surface area contributed by atoms with Crippen LogP contribution in [0.1, 0.15) is 33.3 Å². The monoisotopic (exact) mass is 285 g/mol. The van der Waals surface area contributed by atoms with Gasteiger partial charge in [-0.1, -0.05) is 32.4 Å². The molecule has 0 saturated heterocycles. The number of hydrogen-bond donors (Lipinski definition) is 1. The maximum atomic E-state index is 10.7. The number of carboxylic acids is 1. The highest BCUT2D eigenvalue weighted by Gasteiger charge is 2.12. The zero-order chi connectivity index (χ0) is 15.6. The highest BCUT2D eigenvalue weighted by Crippen LogP contribution is 2.24. The molecule has 3 heteroatoms. The van der Waals surface area contributed by atoms with E-state index >= 15 is 0 Å². The molecule has 112 valence electrons. The molecule has 0 aliphatic rings. The number of nitrogens with zero attached hydrogens (tertiary/aromatic N) is 1. The summed E-state index contributed by atoms with van der Waals surface area (Å²) in [5.74, 6) is -0.884. The lowest BCUT2D eigenvalue weighted by molar-refractivity contribution is -0.131. The fourth-order valence-corrected chi connectivity index (χ4v) is 2.59. The van der Waals surface area contributed by atoms with Crippen molar-refractivity contribution in [1.29, 1.82) is 0 Å². The summed E-state index contributed by atoms with van der Waals surface area (Å²) >= 11 is 0. The normalized spacial score (nSPS) is 12.9. The third kappa shape index (κ3) is 4.22. The SMILES string of the molecule is CC(=CC(=O)O)Cc1ccc2c(ccn2CC(C)(C)C)c1. The van der Waals surface area contributed by atoms with Gasteiger partial charge in [0.2, 0.25) is 0 Å². The second-order valence-corrected chi connectivity index (χ2v) is 6.90. The molecule has 2 aromatic rings. The number of rotatable bonds is 4. The smallest absolute Gasteiger partial charge is 0.328 e. The lowest BCUT2D eigenvalue weighted by atomic mass is 9.97. The van der Waals surface area contributed by atoms with Crippen LogP contribution in [0.5, 0.6) is 0 Å². The summed E-state index contributed by atoms with van der Waals surface area (Å²) in [6.45, 7) is 9.52. The lowest BCUT2D eigenvalue weighted by Gasteiger charge is -2.19. The Bertz CT molecular complexity index is 687. The lowest BCUT2D eigenvalue weighted by Crippen LogP contribution is -2.14. The van der Waals surface area contributed by atoms with Gasteiger partial charge >= 0.3 is 5.97 Å². The maximum absolute atomic E-state index is 10.7.